The lowest BCUT2D eigenvalue weighted by atomic mass is 10.1. The molecule has 0 saturated heterocycles. The molecule has 0 radical (unpaired) electrons. The molecule has 3 rings (SSSR count). The number of amides is 1. The average Bonchev–Trinajstić information content (AvgIpc) is 3.02. The van der Waals surface area contributed by atoms with Gasteiger partial charge < -0.3 is 4.42 Å². The van der Waals surface area contributed by atoms with E-state index in [-0.39, 0.29) is 22.8 Å². The van der Waals surface area contributed by atoms with Gasteiger partial charge in [-0.1, -0.05) is 41.5 Å². The Labute approximate surface area is 142 Å². The molecule has 8 heteroatoms. The van der Waals surface area contributed by atoms with Crippen molar-refractivity contribution in [2.45, 2.75) is 13.3 Å². The number of carbonyl (C=O) groups is 1. The summed E-state index contributed by atoms with van der Waals surface area (Å²) in [5.74, 6) is -0.187. The zero-order valence-electron chi connectivity index (χ0n) is 13.3. The molecule has 8 nitrogen and oxygen atoms in total. The molecule has 1 aromatic heterocycles. The van der Waals surface area contributed by atoms with Gasteiger partial charge in [0.05, 0.1) is 11.3 Å². The Morgan fingerprint density at radius 3 is 2.64 bits per heavy atom. The smallest absolute Gasteiger partial charge is 0.322 e. The normalized spacial score (nSPS) is 10.4. The van der Waals surface area contributed by atoms with Crippen molar-refractivity contribution in [3.8, 4) is 0 Å². The Hall–Kier alpha value is -3.55. The molecule has 0 fully saturated rings. The van der Waals surface area contributed by atoms with Gasteiger partial charge in [-0.15, -0.1) is 5.10 Å². The number of aromatic nitrogens is 2. The summed E-state index contributed by atoms with van der Waals surface area (Å²) in [6.45, 7) is 1.52. The molecule has 0 aliphatic rings. The molecular formula is C17H14N4O4. The van der Waals surface area contributed by atoms with Crippen LogP contribution in [0.1, 0.15) is 27.4 Å². The first-order valence-corrected chi connectivity index (χ1v) is 7.46. The highest BCUT2D eigenvalue weighted by molar-refractivity contribution is 6.04. The predicted octanol–water partition coefficient (Wildman–Crippen LogP) is 3.13. The molecule has 0 atom stereocenters. The summed E-state index contributed by atoms with van der Waals surface area (Å²) in [6, 6.07) is 13.8. The third-order valence-corrected chi connectivity index (χ3v) is 3.63. The van der Waals surface area contributed by atoms with Gasteiger partial charge in [0.15, 0.2) is 0 Å². The van der Waals surface area contributed by atoms with Crippen molar-refractivity contribution >= 4 is 17.6 Å². The molecule has 1 amide bonds. The predicted molar refractivity (Wildman–Crippen MR) is 89.3 cm³/mol. The molecule has 0 bridgehead atoms. The lowest BCUT2D eigenvalue weighted by Crippen LogP contribution is -2.14. The van der Waals surface area contributed by atoms with Crippen LogP contribution in [0.2, 0.25) is 0 Å². The van der Waals surface area contributed by atoms with E-state index >= 15 is 0 Å². The number of anilines is 1. The van der Waals surface area contributed by atoms with Gasteiger partial charge >= 0.3 is 6.01 Å². The fourth-order valence-corrected chi connectivity index (χ4v) is 2.38. The summed E-state index contributed by atoms with van der Waals surface area (Å²) in [4.78, 5) is 22.7. The summed E-state index contributed by atoms with van der Waals surface area (Å²) < 4.78 is 5.41. The van der Waals surface area contributed by atoms with Crippen molar-refractivity contribution in [2.75, 3.05) is 5.32 Å². The number of hydrogen-bond donors (Lipinski definition) is 1. The monoisotopic (exact) mass is 338 g/mol. The highest BCUT2D eigenvalue weighted by Gasteiger charge is 2.19. The van der Waals surface area contributed by atoms with Gasteiger partial charge in [-0.2, -0.15) is 0 Å². The zero-order chi connectivity index (χ0) is 17.8. The van der Waals surface area contributed by atoms with Crippen molar-refractivity contribution in [2.24, 2.45) is 0 Å². The molecule has 25 heavy (non-hydrogen) atoms. The van der Waals surface area contributed by atoms with E-state index in [1.807, 2.05) is 30.3 Å². The molecule has 2 aromatic carbocycles. The first-order chi connectivity index (χ1) is 12.0. The SMILES string of the molecule is Cc1c(C(=O)Nc2nnc(Cc3ccccc3)o2)cccc1[N+](=O)[O-]. The van der Waals surface area contributed by atoms with Crippen LogP contribution in [0.15, 0.2) is 52.9 Å². The number of benzene rings is 2. The maximum absolute atomic E-state index is 12.3. The Bertz CT molecular complexity index is 921. The van der Waals surface area contributed by atoms with Gasteiger partial charge in [-0.3, -0.25) is 20.2 Å². The third kappa shape index (κ3) is 3.69. The van der Waals surface area contributed by atoms with Gasteiger partial charge in [0.1, 0.15) is 0 Å². The van der Waals surface area contributed by atoms with Crippen molar-refractivity contribution in [3.63, 3.8) is 0 Å². The Morgan fingerprint density at radius 1 is 1.16 bits per heavy atom. The van der Waals surface area contributed by atoms with Crippen molar-refractivity contribution in [1.82, 2.24) is 10.2 Å². The minimum Gasteiger partial charge on any atom is -0.407 e. The molecule has 0 unspecified atom stereocenters. The molecule has 0 aliphatic heterocycles. The van der Waals surface area contributed by atoms with Crippen molar-refractivity contribution < 1.29 is 14.1 Å². The summed E-state index contributed by atoms with van der Waals surface area (Å²) in [6.07, 6.45) is 0.444. The van der Waals surface area contributed by atoms with E-state index in [2.05, 4.69) is 15.5 Å². The van der Waals surface area contributed by atoms with Gasteiger partial charge in [0.2, 0.25) is 5.89 Å². The standard InChI is InChI=1S/C17H14N4O4/c1-11-13(8-5-9-14(11)21(23)24)16(22)18-17-20-19-15(25-17)10-12-6-3-2-4-7-12/h2-9H,10H2,1H3,(H,18,20,22). The van der Waals surface area contributed by atoms with Crippen LogP contribution in [-0.2, 0) is 6.42 Å². The number of carbonyl (C=O) groups excluding carboxylic acids is 1. The number of nitro benzene ring substituents is 1. The third-order valence-electron chi connectivity index (χ3n) is 3.63. The largest absolute Gasteiger partial charge is 0.407 e. The molecule has 0 aliphatic carbocycles. The minimum atomic E-state index is -0.545. The van der Waals surface area contributed by atoms with E-state index in [9.17, 15) is 14.9 Å². The second kappa shape index (κ2) is 6.91. The number of nitro groups is 1. The molecule has 3 aromatic rings. The quantitative estimate of drug-likeness (QED) is 0.565. The Balaban J connectivity index is 1.74. The molecule has 126 valence electrons. The molecule has 1 heterocycles. The summed E-state index contributed by atoms with van der Waals surface area (Å²) in [5, 5.41) is 21.1. The lowest BCUT2D eigenvalue weighted by molar-refractivity contribution is -0.385. The Kier molecular flexibility index (Phi) is 4.51. The van der Waals surface area contributed by atoms with Gasteiger partial charge in [-0.05, 0) is 18.6 Å². The van der Waals surface area contributed by atoms with Crippen molar-refractivity contribution in [1.29, 1.82) is 0 Å². The van der Waals surface area contributed by atoms with Gasteiger partial charge in [0.25, 0.3) is 11.6 Å². The molecule has 0 saturated carbocycles. The number of hydrogen-bond acceptors (Lipinski definition) is 6. The van der Waals surface area contributed by atoms with Crippen LogP contribution < -0.4 is 5.32 Å². The average molecular weight is 338 g/mol. The van der Waals surface area contributed by atoms with Gasteiger partial charge in [0, 0.05) is 17.2 Å². The van der Waals surface area contributed by atoms with Crippen LogP contribution >= 0.6 is 0 Å². The van der Waals surface area contributed by atoms with E-state index < -0.39 is 10.8 Å². The number of nitrogens with zero attached hydrogens (tertiary/aromatic N) is 3. The second-order valence-corrected chi connectivity index (χ2v) is 5.32. The lowest BCUT2D eigenvalue weighted by Gasteiger charge is -2.04. The fraction of sp³-hybridized carbons (Fsp3) is 0.118. The topological polar surface area (TPSA) is 111 Å². The summed E-state index contributed by atoms with van der Waals surface area (Å²) in [7, 11) is 0. The highest BCUT2D eigenvalue weighted by Crippen LogP contribution is 2.22. The maximum atomic E-state index is 12.3. The molecule has 1 N–H and O–H groups in total. The first kappa shape index (κ1) is 16.3. The van der Waals surface area contributed by atoms with E-state index in [0.717, 1.165) is 5.56 Å². The van der Waals surface area contributed by atoms with Crippen LogP contribution in [0.5, 0.6) is 0 Å². The first-order valence-electron chi connectivity index (χ1n) is 7.46. The van der Waals surface area contributed by atoms with Crippen LogP contribution in [-0.4, -0.2) is 21.0 Å². The van der Waals surface area contributed by atoms with Crippen molar-refractivity contribution in [3.05, 3.63) is 81.2 Å². The minimum absolute atomic E-state index is 0.0539. The van der Waals surface area contributed by atoms with Crippen LogP contribution in [0.3, 0.4) is 0 Å². The zero-order valence-corrected chi connectivity index (χ0v) is 13.3. The highest BCUT2D eigenvalue weighted by atomic mass is 16.6. The molecular weight excluding hydrogens is 324 g/mol. The number of rotatable bonds is 5. The summed E-state index contributed by atoms with van der Waals surface area (Å²) in [5.41, 5.74) is 1.33. The van der Waals surface area contributed by atoms with E-state index in [0.29, 0.717) is 12.3 Å². The van der Waals surface area contributed by atoms with E-state index in [1.54, 1.807) is 0 Å². The second-order valence-electron chi connectivity index (χ2n) is 5.32. The Morgan fingerprint density at radius 2 is 1.92 bits per heavy atom. The van der Waals surface area contributed by atoms with Gasteiger partial charge in [-0.25, -0.2) is 0 Å². The molecule has 0 spiro atoms. The van der Waals surface area contributed by atoms with E-state index in [1.165, 1.54) is 25.1 Å². The van der Waals surface area contributed by atoms with Crippen LogP contribution in [0.25, 0.3) is 0 Å². The fourth-order valence-electron chi connectivity index (χ4n) is 2.38. The van der Waals surface area contributed by atoms with Crippen LogP contribution in [0, 0.1) is 17.0 Å². The maximum Gasteiger partial charge on any atom is 0.322 e. The van der Waals surface area contributed by atoms with Crippen LogP contribution in [0.4, 0.5) is 11.7 Å². The van der Waals surface area contributed by atoms with E-state index in [4.69, 9.17) is 4.42 Å². The summed E-state index contributed by atoms with van der Waals surface area (Å²) >= 11 is 0. The number of nitrogens with one attached hydrogen (secondary N) is 1.